The van der Waals surface area contributed by atoms with Crippen LogP contribution in [0.4, 0.5) is 0 Å². The topological polar surface area (TPSA) is 122 Å². The fourth-order valence-electron chi connectivity index (χ4n) is 0. The van der Waals surface area contributed by atoms with Gasteiger partial charge in [-0.2, -0.15) is 0 Å². The van der Waals surface area contributed by atoms with E-state index in [9.17, 15) is 0 Å². The number of hydrogen-bond acceptors (Lipinski definition) is 0. The van der Waals surface area contributed by atoms with Crippen LogP contribution in [0.2, 0.25) is 0 Å². The summed E-state index contributed by atoms with van der Waals surface area (Å²) in [5, 5.41) is 0. The molecule has 0 aromatic rings. The molecule has 0 aliphatic heterocycles. The Labute approximate surface area is 164 Å². The van der Waals surface area contributed by atoms with Crippen molar-refractivity contribution < 1.29 is 143 Å². The molecule has 0 fully saturated rings. The third kappa shape index (κ3) is 80.2. The molecule has 0 aliphatic carbocycles. The van der Waals surface area contributed by atoms with Crippen molar-refractivity contribution in [3.63, 3.8) is 0 Å². The van der Waals surface area contributed by atoms with Gasteiger partial charge in [0.1, 0.15) is 0 Å². The summed E-state index contributed by atoms with van der Waals surface area (Å²) in [5.74, 6) is 0. The summed E-state index contributed by atoms with van der Waals surface area (Å²) in [6.45, 7) is 0. The molecule has 0 aliphatic rings. The van der Waals surface area contributed by atoms with E-state index in [2.05, 4.69) is 0 Å². The molecule has 0 spiro atoms. The van der Waals surface area contributed by atoms with Gasteiger partial charge in [-0.15, -0.1) is 0 Å². The van der Waals surface area contributed by atoms with Crippen molar-refractivity contribution in [3.05, 3.63) is 24.6 Å². The first-order valence-electron chi connectivity index (χ1n) is 0. The van der Waals surface area contributed by atoms with E-state index in [1.165, 1.54) is 0 Å². The largest absolute Gasteiger partial charge is 4.00 e. The molecule has 10 heavy (non-hydrogen) atoms. The van der Waals surface area contributed by atoms with E-state index in [0.717, 1.165) is 0 Å². The molecule has 0 atom stereocenters. The molecule has 4 nitrogen and oxygen atoms in total. The van der Waals surface area contributed by atoms with Gasteiger partial charge in [-0.05, 0) is 0 Å². The SMILES string of the molecule is [Hf].[Hf].[Hf].[N-3].[N-3].[N-3].[N-3].[Ti+4].[Ti+4].[Ti+4]. The van der Waals surface area contributed by atoms with Crippen LogP contribution in [0.3, 0.4) is 0 Å². The van der Waals surface area contributed by atoms with E-state index in [4.69, 9.17) is 0 Å². The molecule has 0 saturated carbocycles. The van der Waals surface area contributed by atoms with Crippen molar-refractivity contribution in [3.8, 4) is 0 Å². The Kier molecular flexibility index (Phi) is 1310. The first kappa shape index (κ1) is 128. The quantitative estimate of drug-likeness (QED) is 0.332. The molecule has 0 amide bonds. The minimum absolute atomic E-state index is 0. The van der Waals surface area contributed by atoms with Crippen LogP contribution in [0.5, 0.6) is 0 Å². The molecule has 0 unspecified atom stereocenters. The smallest absolute Gasteiger partial charge is 3.00 e. The Morgan fingerprint density at radius 2 is 0.300 bits per heavy atom. The van der Waals surface area contributed by atoms with Gasteiger partial charge in [-0.25, -0.2) is 0 Å². The van der Waals surface area contributed by atoms with E-state index < -0.39 is 0 Å². The Balaban J connectivity index is 0. The van der Waals surface area contributed by atoms with Crippen LogP contribution in [0.25, 0.3) is 24.6 Å². The minimum Gasteiger partial charge on any atom is -3.00 e. The van der Waals surface area contributed by atoms with Gasteiger partial charge in [-0.3, -0.25) is 0 Å². The second-order valence-corrected chi connectivity index (χ2v) is 0. The molecule has 0 bridgehead atoms. The Hall–Kier alpha value is 4.59. The zero-order valence-corrected chi connectivity index (χ0v) is 20.3. The van der Waals surface area contributed by atoms with Crippen LogP contribution < -0.4 is 0 Å². The molecule has 0 saturated heterocycles. The average Bonchev–Trinajstić information content (AvgIpc) is 0. The second kappa shape index (κ2) is 102. The number of hydrogen-bond donors (Lipinski definition) is 0. The molecular formula is Hf3N4Ti3. The third-order valence-corrected chi connectivity index (χ3v) is 0. The molecule has 44 valence electrons. The number of nitrogens with zero attached hydrogens (tertiary/aromatic N) is 4. The predicted molar refractivity (Wildman–Crippen MR) is 13.4 cm³/mol. The summed E-state index contributed by atoms with van der Waals surface area (Å²) in [5.41, 5.74) is 0. The molecule has 0 radical (unpaired) electrons. The second-order valence-electron chi connectivity index (χ2n) is 0. The fraction of sp³-hybridized carbons (Fsp3) is 0. The first-order chi connectivity index (χ1) is 0. The average molecular weight is 735 g/mol. The van der Waals surface area contributed by atoms with E-state index in [0.29, 0.717) is 0 Å². The maximum absolute atomic E-state index is 0. The van der Waals surface area contributed by atoms with Gasteiger partial charge in [0.25, 0.3) is 0 Å². The monoisotopic (exact) mass is 740 g/mol. The molecule has 0 heterocycles. The minimum atomic E-state index is 0. The van der Waals surface area contributed by atoms with Gasteiger partial charge in [0.2, 0.25) is 0 Å². The molecular weight excluding hydrogens is 735 g/mol. The van der Waals surface area contributed by atoms with E-state index in [1.807, 2.05) is 0 Å². The summed E-state index contributed by atoms with van der Waals surface area (Å²) in [6, 6.07) is 0. The van der Waals surface area contributed by atoms with Crippen LogP contribution in [0, 0.1) is 0 Å². The fourth-order valence-corrected chi connectivity index (χ4v) is 0. The molecule has 0 aromatic heterocycles. The number of rotatable bonds is 0. The van der Waals surface area contributed by atoms with Gasteiger partial charge in [0.05, 0.1) is 0 Å². The summed E-state index contributed by atoms with van der Waals surface area (Å²) in [7, 11) is 0. The van der Waals surface area contributed by atoms with Gasteiger partial charge in [0.15, 0.2) is 0 Å². The van der Waals surface area contributed by atoms with Crippen LogP contribution >= 0.6 is 0 Å². The van der Waals surface area contributed by atoms with Gasteiger partial charge in [0, 0.05) is 77.5 Å². The molecule has 0 N–H and O–H groups in total. The molecule has 0 rings (SSSR count). The Morgan fingerprint density at radius 3 is 0.300 bits per heavy atom. The first-order valence-corrected chi connectivity index (χ1v) is 0. The van der Waals surface area contributed by atoms with Crippen LogP contribution in [-0.2, 0) is 143 Å². The predicted octanol–water partition coefficient (Wildman–Crippen LogP) is 1.14. The van der Waals surface area contributed by atoms with E-state index in [-0.39, 0.29) is 167 Å². The van der Waals surface area contributed by atoms with Crippen LogP contribution in [0.1, 0.15) is 0 Å². The Morgan fingerprint density at radius 1 is 0.300 bits per heavy atom. The maximum atomic E-state index is 0. The van der Waals surface area contributed by atoms with E-state index >= 15 is 0 Å². The van der Waals surface area contributed by atoms with E-state index in [1.54, 1.807) is 0 Å². The zero-order valence-electron chi connectivity index (χ0n) is 4.79. The van der Waals surface area contributed by atoms with Crippen molar-refractivity contribution in [1.82, 2.24) is 0 Å². The zero-order chi connectivity index (χ0) is 0. The van der Waals surface area contributed by atoms with Crippen molar-refractivity contribution in [2.24, 2.45) is 0 Å². The van der Waals surface area contributed by atoms with Crippen molar-refractivity contribution in [1.29, 1.82) is 0 Å². The van der Waals surface area contributed by atoms with Gasteiger partial charge >= 0.3 is 65.2 Å². The van der Waals surface area contributed by atoms with Crippen molar-refractivity contribution >= 4 is 0 Å². The van der Waals surface area contributed by atoms with Crippen LogP contribution in [-0.4, -0.2) is 0 Å². The maximum Gasteiger partial charge on any atom is 4.00 e. The van der Waals surface area contributed by atoms with Gasteiger partial charge < -0.3 is 24.6 Å². The Bertz CT molecular complexity index is 15.7. The molecule has 10 heteroatoms. The van der Waals surface area contributed by atoms with Gasteiger partial charge in [-0.1, -0.05) is 0 Å². The summed E-state index contributed by atoms with van der Waals surface area (Å²) in [4.78, 5) is 0. The standard InChI is InChI=1S/3Hf.4N.3Ti/q;;;4*-3;3*+4. The van der Waals surface area contributed by atoms with Crippen molar-refractivity contribution in [2.75, 3.05) is 0 Å². The van der Waals surface area contributed by atoms with Crippen LogP contribution in [0.15, 0.2) is 0 Å². The summed E-state index contributed by atoms with van der Waals surface area (Å²) < 4.78 is 0. The normalized spacial score (nSPS) is 0. The van der Waals surface area contributed by atoms with Crippen molar-refractivity contribution in [2.45, 2.75) is 0 Å². The molecule has 0 aromatic carbocycles. The summed E-state index contributed by atoms with van der Waals surface area (Å²) >= 11 is 0. The third-order valence-electron chi connectivity index (χ3n) is 0. The summed E-state index contributed by atoms with van der Waals surface area (Å²) in [6.07, 6.45) is 0.